The molecule has 0 spiro atoms. The monoisotopic (exact) mass is 413 g/mol. The van der Waals surface area contributed by atoms with Gasteiger partial charge in [-0.1, -0.05) is 29.4 Å². The third kappa shape index (κ3) is 5.55. The van der Waals surface area contributed by atoms with Crippen molar-refractivity contribution in [2.45, 2.75) is 17.6 Å². The van der Waals surface area contributed by atoms with E-state index in [0.29, 0.717) is 41.8 Å². The number of carbonyl (C=O) groups excluding carboxylic acids is 1. The van der Waals surface area contributed by atoms with E-state index in [-0.39, 0.29) is 11.6 Å². The van der Waals surface area contributed by atoms with Crippen LogP contribution in [0.3, 0.4) is 0 Å². The number of nitro groups is 1. The second-order valence-corrected chi connectivity index (χ2v) is 6.99. The number of aromatic nitrogens is 2. The summed E-state index contributed by atoms with van der Waals surface area (Å²) in [6.45, 7) is 2.41. The molecule has 0 aliphatic heterocycles. The predicted octanol–water partition coefficient (Wildman–Crippen LogP) is 3.42. The summed E-state index contributed by atoms with van der Waals surface area (Å²) in [7, 11) is 0. The summed E-state index contributed by atoms with van der Waals surface area (Å²) in [5.41, 5.74) is 0.953. The van der Waals surface area contributed by atoms with E-state index in [1.54, 1.807) is 37.3 Å². The van der Waals surface area contributed by atoms with Crippen LogP contribution < -0.4 is 10.6 Å². The molecule has 3 rings (SSSR count). The Balaban J connectivity index is 1.54. The van der Waals surface area contributed by atoms with E-state index >= 15 is 0 Å². The molecule has 0 fully saturated rings. The SMILES string of the molecule is Cc1noc(CSc2ccccc2C(=O)NCCNc2ccccc2[N+](=O)[O-])n1. The van der Waals surface area contributed by atoms with E-state index in [4.69, 9.17) is 4.52 Å². The van der Waals surface area contributed by atoms with Gasteiger partial charge in [0.1, 0.15) is 5.69 Å². The molecule has 0 bridgehead atoms. The van der Waals surface area contributed by atoms with Crippen molar-refractivity contribution in [3.05, 3.63) is 75.9 Å². The molecule has 2 aromatic carbocycles. The van der Waals surface area contributed by atoms with E-state index in [1.807, 2.05) is 12.1 Å². The number of amides is 1. The number of nitro benzene ring substituents is 1. The second-order valence-electron chi connectivity index (χ2n) is 5.98. The first kappa shape index (κ1) is 20.3. The van der Waals surface area contributed by atoms with Gasteiger partial charge in [-0.25, -0.2) is 0 Å². The minimum Gasteiger partial charge on any atom is -0.378 e. The van der Waals surface area contributed by atoms with Crippen LogP contribution in [0.5, 0.6) is 0 Å². The lowest BCUT2D eigenvalue weighted by Crippen LogP contribution is -2.29. The molecule has 0 saturated heterocycles. The fourth-order valence-corrected chi connectivity index (χ4v) is 3.46. The van der Waals surface area contributed by atoms with Gasteiger partial charge < -0.3 is 15.2 Å². The molecule has 0 unspecified atom stereocenters. The molecule has 0 aliphatic carbocycles. The summed E-state index contributed by atoms with van der Waals surface area (Å²) in [4.78, 5) is 28.1. The molecule has 2 N–H and O–H groups in total. The van der Waals surface area contributed by atoms with Crippen LogP contribution in [0.25, 0.3) is 0 Å². The molecule has 1 heterocycles. The molecule has 3 aromatic rings. The first-order valence-electron chi connectivity index (χ1n) is 8.81. The molecule has 29 heavy (non-hydrogen) atoms. The van der Waals surface area contributed by atoms with Gasteiger partial charge in [0, 0.05) is 24.1 Å². The zero-order valence-corrected chi connectivity index (χ0v) is 16.4. The average Bonchev–Trinajstić information content (AvgIpc) is 3.15. The van der Waals surface area contributed by atoms with Gasteiger partial charge in [0.2, 0.25) is 5.89 Å². The van der Waals surface area contributed by atoms with Crippen molar-refractivity contribution in [3.8, 4) is 0 Å². The topological polar surface area (TPSA) is 123 Å². The number of nitrogens with zero attached hydrogens (tertiary/aromatic N) is 3. The third-order valence-corrected chi connectivity index (χ3v) is 4.94. The standard InChI is InChI=1S/C19H19N5O4S/c1-13-22-18(28-23-13)12-29-17-9-5-2-6-14(17)19(25)21-11-10-20-15-7-3-4-8-16(15)24(26)27/h2-9,20H,10-12H2,1H3,(H,21,25). The number of hydrogen-bond acceptors (Lipinski definition) is 8. The maximum Gasteiger partial charge on any atom is 0.292 e. The Morgan fingerprint density at radius 2 is 1.93 bits per heavy atom. The highest BCUT2D eigenvalue weighted by molar-refractivity contribution is 7.98. The van der Waals surface area contributed by atoms with E-state index in [1.165, 1.54) is 17.8 Å². The average molecular weight is 413 g/mol. The highest BCUT2D eigenvalue weighted by Gasteiger charge is 2.14. The summed E-state index contributed by atoms with van der Waals surface area (Å²) in [5.74, 6) is 1.30. The van der Waals surface area contributed by atoms with Crippen molar-refractivity contribution >= 4 is 29.0 Å². The van der Waals surface area contributed by atoms with Crippen molar-refractivity contribution in [1.29, 1.82) is 0 Å². The van der Waals surface area contributed by atoms with Crippen molar-refractivity contribution in [2.24, 2.45) is 0 Å². The van der Waals surface area contributed by atoms with Crippen LogP contribution in [0.4, 0.5) is 11.4 Å². The lowest BCUT2D eigenvalue weighted by atomic mass is 10.2. The van der Waals surface area contributed by atoms with Crippen LogP contribution in [0.15, 0.2) is 57.9 Å². The normalized spacial score (nSPS) is 10.5. The second kappa shape index (κ2) is 9.69. The maximum atomic E-state index is 12.6. The number of rotatable bonds is 9. The zero-order valence-electron chi connectivity index (χ0n) is 15.6. The van der Waals surface area contributed by atoms with Gasteiger partial charge in [-0.05, 0) is 25.1 Å². The van der Waals surface area contributed by atoms with Gasteiger partial charge >= 0.3 is 0 Å². The maximum absolute atomic E-state index is 12.6. The molecule has 1 amide bonds. The van der Waals surface area contributed by atoms with E-state index in [9.17, 15) is 14.9 Å². The molecular formula is C19H19N5O4S. The number of benzene rings is 2. The van der Waals surface area contributed by atoms with Gasteiger partial charge in [0.05, 0.1) is 16.2 Å². The molecular weight excluding hydrogens is 394 g/mol. The smallest absolute Gasteiger partial charge is 0.292 e. The Kier molecular flexibility index (Phi) is 6.80. The Labute approximate surface area is 171 Å². The molecule has 150 valence electrons. The van der Waals surface area contributed by atoms with Gasteiger partial charge in [0.15, 0.2) is 5.82 Å². The molecule has 0 radical (unpaired) electrons. The number of aryl methyl sites for hydroxylation is 1. The van der Waals surface area contributed by atoms with Gasteiger partial charge in [-0.15, -0.1) is 11.8 Å². The highest BCUT2D eigenvalue weighted by atomic mass is 32.2. The first-order valence-corrected chi connectivity index (χ1v) is 9.79. The van der Waals surface area contributed by atoms with Crippen LogP contribution in [-0.2, 0) is 5.75 Å². The minimum atomic E-state index is -0.445. The lowest BCUT2D eigenvalue weighted by Gasteiger charge is -2.10. The van der Waals surface area contributed by atoms with Crippen LogP contribution in [0.2, 0.25) is 0 Å². The minimum absolute atomic E-state index is 0.00293. The number of hydrogen-bond donors (Lipinski definition) is 2. The Morgan fingerprint density at radius 3 is 2.69 bits per heavy atom. The van der Waals surface area contributed by atoms with Gasteiger partial charge in [-0.2, -0.15) is 4.98 Å². The molecule has 0 aliphatic rings. The first-order chi connectivity index (χ1) is 14.0. The summed E-state index contributed by atoms with van der Waals surface area (Å²) >= 11 is 1.44. The predicted molar refractivity (Wildman–Crippen MR) is 109 cm³/mol. The van der Waals surface area contributed by atoms with Crippen LogP contribution >= 0.6 is 11.8 Å². The summed E-state index contributed by atoms with van der Waals surface area (Å²) < 4.78 is 5.10. The largest absolute Gasteiger partial charge is 0.378 e. The molecule has 10 heteroatoms. The Bertz CT molecular complexity index is 1010. The van der Waals surface area contributed by atoms with E-state index in [0.717, 1.165) is 4.90 Å². The van der Waals surface area contributed by atoms with E-state index in [2.05, 4.69) is 20.8 Å². The van der Waals surface area contributed by atoms with Gasteiger partial charge in [0.25, 0.3) is 11.6 Å². The number of para-hydroxylation sites is 2. The van der Waals surface area contributed by atoms with E-state index < -0.39 is 4.92 Å². The quantitative estimate of drug-likeness (QED) is 0.237. The molecule has 9 nitrogen and oxygen atoms in total. The lowest BCUT2D eigenvalue weighted by molar-refractivity contribution is -0.384. The summed E-state index contributed by atoms with van der Waals surface area (Å²) in [6.07, 6.45) is 0. The zero-order chi connectivity index (χ0) is 20.6. The van der Waals surface area contributed by atoms with Crippen molar-refractivity contribution in [3.63, 3.8) is 0 Å². The number of anilines is 1. The van der Waals surface area contributed by atoms with Gasteiger partial charge in [-0.3, -0.25) is 14.9 Å². The third-order valence-electron chi connectivity index (χ3n) is 3.88. The number of nitrogens with one attached hydrogen (secondary N) is 2. The fraction of sp³-hybridized carbons (Fsp3) is 0.211. The van der Waals surface area contributed by atoms with Crippen molar-refractivity contribution in [1.82, 2.24) is 15.5 Å². The highest BCUT2D eigenvalue weighted by Crippen LogP contribution is 2.26. The Hall–Kier alpha value is -3.40. The summed E-state index contributed by atoms with van der Waals surface area (Å²) in [6, 6.07) is 13.6. The molecule has 0 atom stereocenters. The van der Waals surface area contributed by atoms with Crippen LogP contribution in [0, 0.1) is 17.0 Å². The van der Waals surface area contributed by atoms with Crippen LogP contribution in [0.1, 0.15) is 22.1 Å². The number of carbonyl (C=O) groups is 1. The Morgan fingerprint density at radius 1 is 1.17 bits per heavy atom. The van der Waals surface area contributed by atoms with Crippen molar-refractivity contribution in [2.75, 3.05) is 18.4 Å². The number of thioether (sulfide) groups is 1. The summed E-state index contributed by atoms with van der Waals surface area (Å²) in [5, 5.41) is 20.6. The molecule has 0 saturated carbocycles. The molecule has 1 aromatic heterocycles. The fourth-order valence-electron chi connectivity index (χ4n) is 2.57. The van der Waals surface area contributed by atoms with Crippen LogP contribution in [-0.4, -0.2) is 34.1 Å². The van der Waals surface area contributed by atoms with Crippen molar-refractivity contribution < 1.29 is 14.2 Å².